The summed E-state index contributed by atoms with van der Waals surface area (Å²) >= 11 is 0. The smallest absolute Gasteiger partial charge is 0.0524 e. The van der Waals surface area contributed by atoms with Crippen molar-refractivity contribution in [2.45, 2.75) is 46.6 Å². The molecule has 1 aromatic rings. The molecule has 0 radical (unpaired) electrons. The second kappa shape index (κ2) is 4.45. The maximum absolute atomic E-state index is 4.29. The molecule has 0 bridgehead atoms. The lowest BCUT2D eigenvalue weighted by molar-refractivity contribution is 0.200. The van der Waals surface area contributed by atoms with E-state index in [1.807, 2.05) is 20.0 Å². The van der Waals surface area contributed by atoms with Crippen molar-refractivity contribution in [3.05, 3.63) is 18.0 Å². The molecule has 1 aromatic heterocycles. The molecule has 13 heavy (non-hydrogen) atoms. The lowest BCUT2D eigenvalue weighted by Gasteiger charge is -2.32. The van der Waals surface area contributed by atoms with Gasteiger partial charge in [-0.15, -0.1) is 0 Å². The number of hydrogen-bond acceptors (Lipinski definition) is 1. The minimum Gasteiger partial charge on any atom is -0.269 e. The van der Waals surface area contributed by atoms with Crippen LogP contribution in [-0.2, 0) is 0 Å². The van der Waals surface area contributed by atoms with Crippen LogP contribution in [-0.4, -0.2) is 9.78 Å². The van der Waals surface area contributed by atoms with Gasteiger partial charge in [-0.05, 0) is 31.2 Å². The molecule has 0 aliphatic heterocycles. The van der Waals surface area contributed by atoms with Crippen molar-refractivity contribution in [2.75, 3.05) is 0 Å². The Hall–Kier alpha value is -0.790. The summed E-state index contributed by atoms with van der Waals surface area (Å²) in [7, 11) is 0. The fraction of sp³-hybridized carbons (Fsp3) is 0.727. The summed E-state index contributed by atoms with van der Waals surface area (Å²) in [4.78, 5) is 0. The number of aryl methyl sites for hydroxylation is 1. The minimum absolute atomic E-state index is 0.693. The van der Waals surface area contributed by atoms with Crippen LogP contribution in [0.5, 0.6) is 0 Å². The molecule has 1 saturated carbocycles. The first-order valence-corrected chi connectivity index (χ1v) is 5.26. The molecule has 2 rings (SSSR count). The zero-order chi connectivity index (χ0) is 9.84. The van der Waals surface area contributed by atoms with E-state index in [2.05, 4.69) is 29.8 Å². The topological polar surface area (TPSA) is 17.8 Å². The van der Waals surface area contributed by atoms with Crippen LogP contribution >= 0.6 is 0 Å². The highest BCUT2D eigenvalue weighted by Crippen LogP contribution is 2.36. The van der Waals surface area contributed by atoms with Crippen molar-refractivity contribution in [2.24, 2.45) is 5.92 Å². The summed E-state index contributed by atoms with van der Waals surface area (Å²) in [5.41, 5.74) is 1.27. The highest BCUT2D eigenvalue weighted by molar-refractivity contribution is 5.01. The van der Waals surface area contributed by atoms with Crippen LogP contribution < -0.4 is 0 Å². The zero-order valence-electron chi connectivity index (χ0n) is 9.12. The fourth-order valence-corrected chi connectivity index (χ4v) is 1.71. The van der Waals surface area contributed by atoms with Crippen molar-refractivity contribution in [1.82, 2.24) is 9.78 Å². The Balaban J connectivity index is 0.000000396. The monoisotopic (exact) mass is 180 g/mol. The molecule has 0 atom stereocenters. The van der Waals surface area contributed by atoms with Crippen molar-refractivity contribution < 1.29 is 0 Å². The van der Waals surface area contributed by atoms with Gasteiger partial charge in [0.25, 0.3) is 0 Å². The Morgan fingerprint density at radius 3 is 2.38 bits per heavy atom. The van der Waals surface area contributed by atoms with Gasteiger partial charge < -0.3 is 0 Å². The van der Waals surface area contributed by atoms with Crippen LogP contribution in [0, 0.1) is 12.8 Å². The first kappa shape index (κ1) is 10.3. The zero-order valence-corrected chi connectivity index (χ0v) is 9.12. The van der Waals surface area contributed by atoms with Crippen LogP contribution in [0.3, 0.4) is 0 Å². The lowest BCUT2D eigenvalue weighted by atomic mass is 9.82. The van der Waals surface area contributed by atoms with E-state index >= 15 is 0 Å². The van der Waals surface area contributed by atoms with E-state index in [9.17, 15) is 0 Å². The average molecular weight is 180 g/mol. The quantitative estimate of drug-likeness (QED) is 0.649. The third-order valence-electron chi connectivity index (χ3n) is 2.45. The van der Waals surface area contributed by atoms with Gasteiger partial charge in [0.2, 0.25) is 0 Å². The van der Waals surface area contributed by atoms with Crippen molar-refractivity contribution in [1.29, 1.82) is 0 Å². The second-order valence-electron chi connectivity index (χ2n) is 3.73. The number of nitrogens with zero attached hydrogens (tertiary/aromatic N) is 2. The molecule has 1 aliphatic rings. The minimum atomic E-state index is 0.693. The van der Waals surface area contributed by atoms with E-state index < -0.39 is 0 Å². The molecule has 0 amide bonds. The molecule has 2 nitrogen and oxygen atoms in total. The van der Waals surface area contributed by atoms with Gasteiger partial charge in [-0.1, -0.05) is 20.8 Å². The Morgan fingerprint density at radius 1 is 1.38 bits per heavy atom. The maximum atomic E-state index is 4.29. The van der Waals surface area contributed by atoms with Gasteiger partial charge in [0.1, 0.15) is 0 Å². The van der Waals surface area contributed by atoms with Crippen molar-refractivity contribution in [3.8, 4) is 0 Å². The Bertz CT molecular complexity index is 246. The summed E-state index contributed by atoms with van der Waals surface area (Å²) in [6.07, 6.45) is 6.68. The highest BCUT2D eigenvalue weighted by Gasteiger charge is 2.26. The van der Waals surface area contributed by atoms with Gasteiger partial charge in [-0.3, -0.25) is 4.68 Å². The van der Waals surface area contributed by atoms with Gasteiger partial charge in [0.15, 0.2) is 0 Å². The van der Waals surface area contributed by atoms with Gasteiger partial charge >= 0.3 is 0 Å². The molecule has 1 heterocycles. The standard InChI is InChI=1S/C9H14N2.C2H6/c1-7-3-9(4-7)11-6-8(2)5-10-11;1-2/h5-7,9H,3-4H2,1-2H3;1-2H3. The SMILES string of the molecule is CC.Cc1cnn(C2CC(C)C2)c1. The molecule has 1 aliphatic carbocycles. The van der Waals surface area contributed by atoms with E-state index in [1.54, 1.807) is 0 Å². The number of aromatic nitrogens is 2. The Morgan fingerprint density at radius 2 is 2.00 bits per heavy atom. The molecule has 0 saturated heterocycles. The van der Waals surface area contributed by atoms with E-state index in [4.69, 9.17) is 0 Å². The average Bonchev–Trinajstić information content (AvgIpc) is 2.50. The summed E-state index contributed by atoms with van der Waals surface area (Å²) < 4.78 is 2.11. The molecule has 0 N–H and O–H groups in total. The van der Waals surface area contributed by atoms with Gasteiger partial charge in [0, 0.05) is 6.20 Å². The first-order chi connectivity index (χ1) is 6.25. The van der Waals surface area contributed by atoms with Gasteiger partial charge in [-0.25, -0.2) is 0 Å². The third kappa shape index (κ3) is 2.33. The Kier molecular flexibility index (Phi) is 3.52. The third-order valence-corrected chi connectivity index (χ3v) is 2.45. The molecule has 74 valence electrons. The second-order valence-corrected chi connectivity index (χ2v) is 3.73. The van der Waals surface area contributed by atoms with E-state index in [0.717, 1.165) is 5.92 Å². The summed E-state index contributed by atoms with van der Waals surface area (Å²) in [6, 6.07) is 0.693. The summed E-state index contributed by atoms with van der Waals surface area (Å²) in [5, 5.41) is 4.29. The van der Waals surface area contributed by atoms with E-state index in [-0.39, 0.29) is 0 Å². The van der Waals surface area contributed by atoms with Gasteiger partial charge in [-0.2, -0.15) is 5.10 Å². The van der Waals surface area contributed by atoms with E-state index in [0.29, 0.717) is 6.04 Å². The van der Waals surface area contributed by atoms with Crippen LogP contribution in [0.2, 0.25) is 0 Å². The molecular weight excluding hydrogens is 160 g/mol. The van der Waals surface area contributed by atoms with Crippen LogP contribution in [0.15, 0.2) is 12.4 Å². The van der Waals surface area contributed by atoms with Crippen LogP contribution in [0.4, 0.5) is 0 Å². The highest BCUT2D eigenvalue weighted by atomic mass is 15.3. The number of rotatable bonds is 1. The first-order valence-electron chi connectivity index (χ1n) is 5.26. The molecule has 1 fully saturated rings. The molecular formula is C11H20N2. The fourth-order valence-electron chi connectivity index (χ4n) is 1.71. The summed E-state index contributed by atoms with van der Waals surface area (Å²) in [6.45, 7) is 8.39. The van der Waals surface area contributed by atoms with Crippen molar-refractivity contribution in [3.63, 3.8) is 0 Å². The van der Waals surface area contributed by atoms with Crippen molar-refractivity contribution >= 4 is 0 Å². The molecule has 0 unspecified atom stereocenters. The van der Waals surface area contributed by atoms with Crippen LogP contribution in [0.1, 0.15) is 45.2 Å². The predicted octanol–water partition coefficient (Wildman–Crippen LogP) is 3.19. The Labute approximate surface area is 81.0 Å². The van der Waals surface area contributed by atoms with Crippen LogP contribution in [0.25, 0.3) is 0 Å². The molecule has 0 aromatic carbocycles. The molecule has 0 spiro atoms. The number of hydrogen-bond donors (Lipinski definition) is 0. The van der Waals surface area contributed by atoms with Gasteiger partial charge in [0.05, 0.1) is 12.2 Å². The maximum Gasteiger partial charge on any atom is 0.0524 e. The van der Waals surface area contributed by atoms with E-state index in [1.165, 1.54) is 18.4 Å². The summed E-state index contributed by atoms with van der Waals surface area (Å²) in [5.74, 6) is 0.907. The largest absolute Gasteiger partial charge is 0.269 e. The predicted molar refractivity (Wildman–Crippen MR) is 55.7 cm³/mol. The normalized spacial score (nSPS) is 25.8. The lowest BCUT2D eigenvalue weighted by Crippen LogP contribution is -2.24. The molecule has 2 heteroatoms.